The quantitative estimate of drug-likeness (QED) is 0.220. The van der Waals surface area contributed by atoms with E-state index in [4.69, 9.17) is 14.2 Å². The molecule has 7 nitrogen and oxygen atoms in total. The molecule has 0 fully saturated rings. The summed E-state index contributed by atoms with van der Waals surface area (Å²) in [5.41, 5.74) is 5.51. The van der Waals surface area contributed by atoms with Gasteiger partial charge in [0.2, 0.25) is 5.88 Å². The van der Waals surface area contributed by atoms with Gasteiger partial charge in [0, 0.05) is 10.1 Å². The molecular formula is C27H21N3O4S2. The van der Waals surface area contributed by atoms with Gasteiger partial charge in [0.15, 0.2) is 0 Å². The van der Waals surface area contributed by atoms with Crippen LogP contribution in [-0.2, 0) is 11.3 Å². The number of fused-ring (bicyclic) bond motifs is 4. The second-order valence-electron chi connectivity index (χ2n) is 8.14. The topological polar surface area (TPSA) is 75.5 Å². The number of hydrogen-bond donors (Lipinski definition) is 0. The maximum atomic E-state index is 12.6. The van der Waals surface area contributed by atoms with Crippen LogP contribution >= 0.6 is 23.1 Å². The highest BCUT2D eigenvalue weighted by Crippen LogP contribution is 2.48. The molecule has 3 aromatic carbocycles. The van der Waals surface area contributed by atoms with E-state index in [1.54, 1.807) is 25.4 Å². The summed E-state index contributed by atoms with van der Waals surface area (Å²) in [4.78, 5) is 12.6. The third-order valence-electron chi connectivity index (χ3n) is 6.01. The van der Waals surface area contributed by atoms with Crippen molar-refractivity contribution in [3.05, 3.63) is 72.3 Å². The predicted molar refractivity (Wildman–Crippen MR) is 143 cm³/mol. The molecule has 0 unspecified atom stereocenters. The molecule has 0 atom stereocenters. The third-order valence-corrected chi connectivity index (χ3v) is 7.74. The van der Waals surface area contributed by atoms with Crippen molar-refractivity contribution in [3.8, 4) is 22.8 Å². The van der Waals surface area contributed by atoms with Gasteiger partial charge in [-0.25, -0.2) is 4.79 Å². The maximum Gasteiger partial charge on any atom is 0.515 e. The van der Waals surface area contributed by atoms with Crippen LogP contribution in [0.4, 0.5) is 4.79 Å². The van der Waals surface area contributed by atoms with Crippen LogP contribution in [0, 0.1) is 0 Å². The van der Waals surface area contributed by atoms with Crippen LogP contribution in [0.1, 0.15) is 12.5 Å². The molecule has 0 saturated heterocycles. The number of ether oxygens (including phenoxy) is 3. The van der Waals surface area contributed by atoms with Crippen molar-refractivity contribution in [2.75, 3.05) is 13.7 Å². The predicted octanol–water partition coefficient (Wildman–Crippen LogP) is 7.12. The van der Waals surface area contributed by atoms with Crippen molar-refractivity contribution >= 4 is 60.6 Å². The second kappa shape index (κ2) is 9.25. The number of rotatable bonds is 6. The summed E-state index contributed by atoms with van der Waals surface area (Å²) in [5, 5.41) is 1.10. The zero-order valence-electron chi connectivity index (χ0n) is 19.6. The van der Waals surface area contributed by atoms with Gasteiger partial charge in [-0.05, 0) is 48.4 Å². The Bertz CT molecular complexity index is 1720. The minimum atomic E-state index is -0.734. The van der Waals surface area contributed by atoms with Crippen LogP contribution in [0.5, 0.6) is 11.6 Å². The molecule has 180 valence electrons. The number of carbonyl (C=O) groups is 1. The van der Waals surface area contributed by atoms with E-state index < -0.39 is 6.16 Å². The number of methoxy groups -OCH3 is 1. The average molecular weight is 516 g/mol. The van der Waals surface area contributed by atoms with Crippen molar-refractivity contribution in [2.24, 2.45) is 0 Å². The Morgan fingerprint density at radius 2 is 1.81 bits per heavy atom. The monoisotopic (exact) mass is 515 g/mol. The van der Waals surface area contributed by atoms with Gasteiger partial charge >= 0.3 is 6.16 Å². The molecular weight excluding hydrogens is 494 g/mol. The highest BCUT2D eigenvalue weighted by molar-refractivity contribution is 7.26. The van der Waals surface area contributed by atoms with E-state index >= 15 is 0 Å². The lowest BCUT2D eigenvalue weighted by Crippen LogP contribution is -2.14. The molecule has 9 heteroatoms. The van der Waals surface area contributed by atoms with Crippen LogP contribution in [-0.4, -0.2) is 33.2 Å². The van der Waals surface area contributed by atoms with Crippen molar-refractivity contribution in [1.82, 2.24) is 13.3 Å². The summed E-state index contributed by atoms with van der Waals surface area (Å²) >= 11 is 2.87. The standard InChI is InChI=1S/C27H21N3O4S2/c1-3-33-27(31)34-26-23(17-9-11-18(32-2)12-10-17)25-24(19-6-4-5-7-22(19)35-25)30(26)15-16-8-13-20-21(14-16)29-36-28-20/h4-14H,3,15H2,1-2H3. The number of aromatic nitrogens is 3. The first-order chi connectivity index (χ1) is 17.7. The number of benzene rings is 3. The highest BCUT2D eigenvalue weighted by Gasteiger charge is 2.26. The Morgan fingerprint density at radius 3 is 2.61 bits per heavy atom. The fourth-order valence-corrected chi connectivity index (χ4v) is 6.19. The first kappa shape index (κ1) is 22.5. The van der Waals surface area contributed by atoms with Gasteiger partial charge in [-0.3, -0.25) is 0 Å². The summed E-state index contributed by atoms with van der Waals surface area (Å²) in [5.74, 6) is 1.20. The summed E-state index contributed by atoms with van der Waals surface area (Å²) in [7, 11) is 1.64. The van der Waals surface area contributed by atoms with Gasteiger partial charge in [0.05, 0.1) is 47.8 Å². The fraction of sp³-hybridized carbons (Fsp3) is 0.148. The summed E-state index contributed by atoms with van der Waals surface area (Å²) in [6.07, 6.45) is -0.734. The molecule has 0 aliphatic heterocycles. The summed E-state index contributed by atoms with van der Waals surface area (Å²) < 4.78 is 29.4. The van der Waals surface area contributed by atoms with Gasteiger partial charge in [-0.2, -0.15) is 8.75 Å². The first-order valence-corrected chi connectivity index (χ1v) is 12.9. The molecule has 0 saturated carbocycles. The smallest absolute Gasteiger partial charge is 0.497 e. The van der Waals surface area contributed by atoms with E-state index in [-0.39, 0.29) is 6.61 Å². The minimum absolute atomic E-state index is 0.224. The van der Waals surface area contributed by atoms with E-state index in [0.29, 0.717) is 12.4 Å². The molecule has 6 aromatic rings. The van der Waals surface area contributed by atoms with Gasteiger partial charge in [-0.1, -0.05) is 36.4 Å². The molecule has 6 rings (SSSR count). The molecule has 0 aliphatic rings. The SMILES string of the molecule is CCOC(=O)Oc1c(-c2ccc(OC)cc2)c2sc3ccccc3c2n1Cc1ccc2nsnc2c1. The van der Waals surface area contributed by atoms with Crippen molar-refractivity contribution in [1.29, 1.82) is 0 Å². The molecule has 0 radical (unpaired) electrons. The summed E-state index contributed by atoms with van der Waals surface area (Å²) in [6, 6.07) is 22.1. The Labute approximate surface area is 214 Å². The van der Waals surface area contributed by atoms with E-state index in [2.05, 4.69) is 25.4 Å². The van der Waals surface area contributed by atoms with Crippen LogP contribution < -0.4 is 9.47 Å². The molecule has 0 aliphatic carbocycles. The number of thiophene rings is 1. The van der Waals surface area contributed by atoms with Crippen molar-refractivity contribution in [2.45, 2.75) is 13.5 Å². The normalized spacial score (nSPS) is 11.4. The fourth-order valence-electron chi connectivity index (χ4n) is 4.41. The lowest BCUT2D eigenvalue weighted by molar-refractivity contribution is 0.101. The lowest BCUT2D eigenvalue weighted by atomic mass is 10.1. The van der Waals surface area contributed by atoms with Gasteiger partial charge in [-0.15, -0.1) is 11.3 Å². The zero-order valence-corrected chi connectivity index (χ0v) is 21.2. The molecule has 0 spiro atoms. The first-order valence-electron chi connectivity index (χ1n) is 11.4. The summed E-state index contributed by atoms with van der Waals surface area (Å²) in [6.45, 7) is 2.46. The van der Waals surface area contributed by atoms with Gasteiger partial charge in [0.25, 0.3) is 0 Å². The Hall–Kier alpha value is -3.95. The molecule has 36 heavy (non-hydrogen) atoms. The van der Waals surface area contributed by atoms with Crippen LogP contribution in [0.2, 0.25) is 0 Å². The van der Waals surface area contributed by atoms with Crippen molar-refractivity contribution in [3.63, 3.8) is 0 Å². The Kier molecular flexibility index (Phi) is 5.79. The largest absolute Gasteiger partial charge is 0.515 e. The second-order valence-corrected chi connectivity index (χ2v) is 9.72. The molecule has 0 bridgehead atoms. The van der Waals surface area contributed by atoms with E-state index in [1.807, 2.05) is 54.6 Å². The van der Waals surface area contributed by atoms with Crippen molar-refractivity contribution < 1.29 is 19.0 Å². The highest BCUT2D eigenvalue weighted by atomic mass is 32.1. The number of nitrogens with zero attached hydrogens (tertiary/aromatic N) is 3. The van der Waals surface area contributed by atoms with E-state index in [1.165, 1.54) is 11.7 Å². The van der Waals surface area contributed by atoms with Crippen LogP contribution in [0.25, 0.3) is 42.5 Å². The van der Waals surface area contributed by atoms with Crippen LogP contribution in [0.15, 0.2) is 66.7 Å². The Morgan fingerprint density at radius 1 is 1.00 bits per heavy atom. The average Bonchev–Trinajstić information content (AvgIpc) is 3.58. The Balaban J connectivity index is 1.62. The van der Waals surface area contributed by atoms with Crippen LogP contribution in [0.3, 0.4) is 0 Å². The minimum Gasteiger partial charge on any atom is -0.497 e. The molecule has 3 heterocycles. The third kappa shape index (κ3) is 3.86. The number of carbonyl (C=O) groups excluding carboxylic acids is 1. The molecule has 0 amide bonds. The van der Waals surface area contributed by atoms with Gasteiger partial charge in [0.1, 0.15) is 16.8 Å². The van der Waals surface area contributed by atoms with E-state index in [9.17, 15) is 4.79 Å². The zero-order chi connectivity index (χ0) is 24.6. The lowest BCUT2D eigenvalue weighted by Gasteiger charge is -2.13. The number of hydrogen-bond acceptors (Lipinski definition) is 8. The maximum absolute atomic E-state index is 12.6. The molecule has 3 aromatic heterocycles. The van der Waals surface area contributed by atoms with E-state index in [0.717, 1.165) is 53.8 Å². The molecule has 0 N–H and O–H groups in total. The van der Waals surface area contributed by atoms with Gasteiger partial charge < -0.3 is 18.8 Å².